The first-order valence-electron chi connectivity index (χ1n) is 5.48. The molecule has 0 saturated heterocycles. The van der Waals surface area contributed by atoms with Crippen LogP contribution in [0.5, 0.6) is 0 Å². The molecule has 104 valence electrons. The molecule has 1 rings (SSSR count). The molecule has 2 N–H and O–H groups in total. The maximum Gasteiger partial charge on any atom is 0.508 e. The van der Waals surface area contributed by atoms with Gasteiger partial charge in [0.15, 0.2) is 0 Å². The first-order valence-corrected chi connectivity index (χ1v) is 5.48. The van der Waals surface area contributed by atoms with Gasteiger partial charge in [0.05, 0.1) is 6.61 Å². The summed E-state index contributed by atoms with van der Waals surface area (Å²) in [5, 5.41) is 16.8. The second kappa shape index (κ2) is 7.93. The quantitative estimate of drug-likeness (QED) is 0.578. The number of carbonyl (C=O) groups is 2. The minimum absolute atomic E-state index is 0.00850. The van der Waals surface area contributed by atoms with Gasteiger partial charge in [-0.3, -0.25) is 0 Å². The van der Waals surface area contributed by atoms with Crippen LogP contribution in [0, 0.1) is 0 Å². The largest absolute Gasteiger partial charge is 0.508 e. The standard InChI is InChI=1S/C12H14O7/c13-11(14)17-7-6-10(19-12(15)16)18-8-9-4-2-1-3-5-9/h1-5,10H,6-8H2,(H,13,14)(H,15,16). The Morgan fingerprint density at radius 1 is 1.11 bits per heavy atom. The first-order chi connectivity index (χ1) is 9.08. The van der Waals surface area contributed by atoms with Gasteiger partial charge in [0.2, 0.25) is 6.29 Å². The summed E-state index contributed by atoms with van der Waals surface area (Å²) in [5.74, 6) is 0. The average molecular weight is 270 g/mol. The molecule has 1 atom stereocenters. The summed E-state index contributed by atoms with van der Waals surface area (Å²) in [4.78, 5) is 20.6. The molecule has 0 aliphatic heterocycles. The summed E-state index contributed by atoms with van der Waals surface area (Å²) in [6.45, 7) is -0.0477. The van der Waals surface area contributed by atoms with E-state index in [1.54, 1.807) is 0 Å². The molecule has 0 amide bonds. The summed E-state index contributed by atoms with van der Waals surface area (Å²) in [5.41, 5.74) is 0.848. The van der Waals surface area contributed by atoms with Crippen molar-refractivity contribution in [2.45, 2.75) is 19.3 Å². The van der Waals surface area contributed by atoms with Crippen molar-refractivity contribution in [3.8, 4) is 0 Å². The summed E-state index contributed by atoms with van der Waals surface area (Å²) in [6.07, 6.45) is -4.01. The highest BCUT2D eigenvalue weighted by molar-refractivity contribution is 5.57. The van der Waals surface area contributed by atoms with Crippen molar-refractivity contribution in [2.24, 2.45) is 0 Å². The Morgan fingerprint density at radius 3 is 2.37 bits per heavy atom. The fourth-order valence-electron chi connectivity index (χ4n) is 1.29. The van der Waals surface area contributed by atoms with Gasteiger partial charge in [0.25, 0.3) is 0 Å². The maximum absolute atomic E-state index is 10.5. The average Bonchev–Trinajstić information content (AvgIpc) is 2.36. The number of rotatable bonds is 7. The topological polar surface area (TPSA) is 102 Å². The highest BCUT2D eigenvalue weighted by Crippen LogP contribution is 2.08. The molecule has 0 heterocycles. The third-order valence-electron chi connectivity index (χ3n) is 2.09. The van der Waals surface area contributed by atoms with E-state index in [1.807, 2.05) is 30.3 Å². The van der Waals surface area contributed by atoms with Crippen LogP contribution in [0.4, 0.5) is 9.59 Å². The number of ether oxygens (including phenoxy) is 3. The minimum Gasteiger partial charge on any atom is -0.450 e. The van der Waals surface area contributed by atoms with Crippen molar-refractivity contribution in [1.82, 2.24) is 0 Å². The zero-order valence-electron chi connectivity index (χ0n) is 10.0. The Balaban J connectivity index is 2.40. The summed E-state index contributed by atoms with van der Waals surface area (Å²) in [7, 11) is 0. The molecule has 0 aliphatic rings. The molecule has 0 saturated carbocycles. The normalized spacial score (nSPS) is 11.6. The fourth-order valence-corrected chi connectivity index (χ4v) is 1.29. The molecule has 1 aromatic rings. The van der Waals surface area contributed by atoms with Crippen molar-refractivity contribution in [2.75, 3.05) is 6.61 Å². The van der Waals surface area contributed by atoms with E-state index in [0.29, 0.717) is 0 Å². The van der Waals surface area contributed by atoms with Crippen molar-refractivity contribution in [3.05, 3.63) is 35.9 Å². The monoisotopic (exact) mass is 270 g/mol. The Morgan fingerprint density at radius 2 is 1.79 bits per heavy atom. The molecule has 7 nitrogen and oxygen atoms in total. The van der Waals surface area contributed by atoms with Gasteiger partial charge in [-0.2, -0.15) is 0 Å². The van der Waals surface area contributed by atoms with Crippen LogP contribution in [0.15, 0.2) is 30.3 Å². The number of carboxylic acid groups (broad SMARTS) is 2. The van der Waals surface area contributed by atoms with E-state index in [4.69, 9.17) is 14.9 Å². The zero-order valence-corrected chi connectivity index (χ0v) is 10.0. The predicted octanol–water partition coefficient (Wildman–Crippen LogP) is 2.31. The summed E-state index contributed by atoms with van der Waals surface area (Å²) < 4.78 is 14.0. The van der Waals surface area contributed by atoms with E-state index in [9.17, 15) is 9.59 Å². The van der Waals surface area contributed by atoms with Gasteiger partial charge < -0.3 is 24.4 Å². The van der Waals surface area contributed by atoms with E-state index in [2.05, 4.69) is 9.47 Å². The van der Waals surface area contributed by atoms with E-state index in [0.717, 1.165) is 5.56 Å². The molecule has 1 unspecified atom stereocenters. The molecular weight excluding hydrogens is 256 g/mol. The Bertz CT molecular complexity index is 404. The third-order valence-corrected chi connectivity index (χ3v) is 2.09. The van der Waals surface area contributed by atoms with Crippen molar-refractivity contribution in [1.29, 1.82) is 0 Å². The molecule has 0 radical (unpaired) electrons. The minimum atomic E-state index is -1.49. The lowest BCUT2D eigenvalue weighted by Gasteiger charge is -2.16. The summed E-state index contributed by atoms with van der Waals surface area (Å²) >= 11 is 0. The Labute approximate surface area is 109 Å². The van der Waals surface area contributed by atoms with E-state index < -0.39 is 18.6 Å². The van der Waals surface area contributed by atoms with Gasteiger partial charge in [0.1, 0.15) is 6.61 Å². The van der Waals surface area contributed by atoms with Crippen LogP contribution < -0.4 is 0 Å². The van der Waals surface area contributed by atoms with Gasteiger partial charge in [0, 0.05) is 6.42 Å². The lowest BCUT2D eigenvalue weighted by atomic mass is 10.2. The molecule has 0 aromatic heterocycles. The first kappa shape index (κ1) is 14.8. The predicted molar refractivity (Wildman–Crippen MR) is 62.7 cm³/mol. The number of benzene rings is 1. The number of hydrogen-bond acceptors (Lipinski definition) is 5. The highest BCUT2D eigenvalue weighted by atomic mass is 16.8. The SMILES string of the molecule is O=C(O)OCCC(OCc1ccccc1)OC(=O)O. The van der Waals surface area contributed by atoms with Crippen LogP contribution in [0.2, 0.25) is 0 Å². The van der Waals surface area contributed by atoms with Gasteiger partial charge >= 0.3 is 12.3 Å². The lowest BCUT2D eigenvalue weighted by Crippen LogP contribution is -2.22. The van der Waals surface area contributed by atoms with Gasteiger partial charge in [-0.25, -0.2) is 9.59 Å². The summed E-state index contributed by atoms with van der Waals surface area (Å²) in [6, 6.07) is 9.10. The second-order valence-electron chi connectivity index (χ2n) is 3.51. The zero-order chi connectivity index (χ0) is 14.1. The highest BCUT2D eigenvalue weighted by Gasteiger charge is 2.15. The molecule has 7 heteroatoms. The van der Waals surface area contributed by atoms with Crippen LogP contribution in [0.3, 0.4) is 0 Å². The molecule has 0 bridgehead atoms. The van der Waals surface area contributed by atoms with E-state index in [1.165, 1.54) is 0 Å². The fraction of sp³-hybridized carbons (Fsp3) is 0.333. The molecule has 0 aliphatic carbocycles. The van der Waals surface area contributed by atoms with Gasteiger partial charge in [-0.15, -0.1) is 0 Å². The molecule has 0 fully saturated rings. The van der Waals surface area contributed by atoms with Crippen molar-refractivity contribution >= 4 is 12.3 Å². The lowest BCUT2D eigenvalue weighted by molar-refractivity contribution is -0.132. The molecular formula is C12H14O7. The Kier molecular flexibility index (Phi) is 6.17. The maximum atomic E-state index is 10.5. The van der Waals surface area contributed by atoms with Gasteiger partial charge in [-0.1, -0.05) is 30.3 Å². The second-order valence-corrected chi connectivity index (χ2v) is 3.51. The van der Waals surface area contributed by atoms with Crippen LogP contribution in [0.25, 0.3) is 0 Å². The van der Waals surface area contributed by atoms with Crippen LogP contribution in [-0.4, -0.2) is 35.4 Å². The van der Waals surface area contributed by atoms with Crippen LogP contribution in [-0.2, 0) is 20.8 Å². The molecule has 0 spiro atoms. The number of hydrogen-bond donors (Lipinski definition) is 2. The smallest absolute Gasteiger partial charge is 0.450 e. The van der Waals surface area contributed by atoms with Crippen molar-refractivity contribution in [3.63, 3.8) is 0 Å². The molecule has 19 heavy (non-hydrogen) atoms. The molecule has 1 aromatic carbocycles. The third kappa shape index (κ3) is 6.89. The van der Waals surface area contributed by atoms with Crippen molar-refractivity contribution < 1.29 is 34.0 Å². The van der Waals surface area contributed by atoms with E-state index >= 15 is 0 Å². The Hall–Kier alpha value is -2.28. The van der Waals surface area contributed by atoms with Crippen LogP contribution >= 0.6 is 0 Å². The van der Waals surface area contributed by atoms with E-state index in [-0.39, 0.29) is 19.6 Å². The van der Waals surface area contributed by atoms with Crippen LogP contribution in [0.1, 0.15) is 12.0 Å². The van der Waals surface area contributed by atoms with Gasteiger partial charge in [-0.05, 0) is 5.56 Å².